The van der Waals surface area contributed by atoms with E-state index in [0.29, 0.717) is 23.6 Å². The van der Waals surface area contributed by atoms with Crippen LogP contribution in [0, 0.1) is 0 Å². The maximum absolute atomic E-state index is 12.2. The maximum atomic E-state index is 12.2. The SMILES string of the molecule is Cn1cc(CCC(=O)Nc2ccccc2Cl)c(-c2ccccc2)n1. The standard InChI is InChI=1S/C19H18ClN3O/c1-23-13-15(19(22-23)14-7-3-2-4-8-14)11-12-18(24)21-17-10-6-5-9-16(17)20/h2-10,13H,11-12H2,1H3,(H,21,24). The molecule has 1 N–H and O–H groups in total. The monoisotopic (exact) mass is 339 g/mol. The number of carbonyl (C=O) groups excluding carboxylic acids is 1. The van der Waals surface area contributed by atoms with Gasteiger partial charge in [-0.15, -0.1) is 0 Å². The Hall–Kier alpha value is -2.59. The molecule has 0 atom stereocenters. The van der Waals surface area contributed by atoms with Gasteiger partial charge in [-0.25, -0.2) is 0 Å². The summed E-state index contributed by atoms with van der Waals surface area (Å²) < 4.78 is 1.78. The largest absolute Gasteiger partial charge is 0.325 e. The highest BCUT2D eigenvalue weighted by Crippen LogP contribution is 2.24. The molecule has 1 aromatic heterocycles. The van der Waals surface area contributed by atoms with E-state index in [1.807, 2.05) is 55.7 Å². The number of hydrogen-bond acceptors (Lipinski definition) is 2. The lowest BCUT2D eigenvalue weighted by Crippen LogP contribution is -2.12. The highest BCUT2D eigenvalue weighted by Gasteiger charge is 2.12. The number of amides is 1. The van der Waals surface area contributed by atoms with Crippen molar-refractivity contribution < 1.29 is 4.79 Å². The van der Waals surface area contributed by atoms with Crippen molar-refractivity contribution in [1.82, 2.24) is 9.78 Å². The summed E-state index contributed by atoms with van der Waals surface area (Å²) in [5.74, 6) is -0.0639. The average Bonchev–Trinajstić information content (AvgIpc) is 2.97. The van der Waals surface area contributed by atoms with Gasteiger partial charge in [-0.2, -0.15) is 5.10 Å². The number of nitrogens with one attached hydrogen (secondary N) is 1. The fourth-order valence-electron chi connectivity index (χ4n) is 2.58. The van der Waals surface area contributed by atoms with Gasteiger partial charge in [0.25, 0.3) is 0 Å². The van der Waals surface area contributed by atoms with Gasteiger partial charge in [0.15, 0.2) is 0 Å². The lowest BCUT2D eigenvalue weighted by atomic mass is 10.0. The predicted octanol–water partition coefficient (Wildman–Crippen LogP) is 4.31. The fraction of sp³-hybridized carbons (Fsp3) is 0.158. The molecule has 0 saturated carbocycles. The highest BCUT2D eigenvalue weighted by molar-refractivity contribution is 6.33. The van der Waals surface area contributed by atoms with Gasteiger partial charge < -0.3 is 5.32 Å². The summed E-state index contributed by atoms with van der Waals surface area (Å²) in [4.78, 5) is 12.2. The van der Waals surface area contributed by atoms with Crippen LogP contribution in [0.25, 0.3) is 11.3 Å². The van der Waals surface area contributed by atoms with Crippen molar-refractivity contribution in [3.05, 3.63) is 71.4 Å². The first kappa shape index (κ1) is 16.3. The van der Waals surface area contributed by atoms with Gasteiger partial charge in [0.1, 0.15) is 0 Å². The van der Waals surface area contributed by atoms with Gasteiger partial charge in [0.2, 0.25) is 5.91 Å². The van der Waals surface area contributed by atoms with Crippen LogP contribution in [0.4, 0.5) is 5.69 Å². The number of hydrogen-bond donors (Lipinski definition) is 1. The van der Waals surface area contributed by atoms with E-state index in [1.165, 1.54) is 0 Å². The van der Waals surface area contributed by atoms with Gasteiger partial charge >= 0.3 is 0 Å². The predicted molar refractivity (Wildman–Crippen MR) is 97.0 cm³/mol. The third-order valence-electron chi connectivity index (χ3n) is 3.72. The number of carbonyl (C=O) groups is 1. The van der Waals surface area contributed by atoms with Crippen molar-refractivity contribution in [2.45, 2.75) is 12.8 Å². The second kappa shape index (κ2) is 7.32. The molecule has 2 aromatic carbocycles. The van der Waals surface area contributed by atoms with E-state index < -0.39 is 0 Å². The zero-order valence-electron chi connectivity index (χ0n) is 13.4. The summed E-state index contributed by atoms with van der Waals surface area (Å²) in [7, 11) is 1.89. The molecule has 4 nitrogen and oxygen atoms in total. The molecule has 0 spiro atoms. The van der Waals surface area contributed by atoms with Crippen LogP contribution >= 0.6 is 11.6 Å². The molecule has 0 aliphatic rings. The molecule has 1 amide bonds. The Balaban J connectivity index is 1.69. The number of anilines is 1. The Morgan fingerprint density at radius 3 is 2.58 bits per heavy atom. The summed E-state index contributed by atoms with van der Waals surface area (Å²) in [6, 6.07) is 17.2. The van der Waals surface area contributed by atoms with Gasteiger partial charge in [0.05, 0.1) is 16.4 Å². The Labute approximate surface area is 146 Å². The number of nitrogens with zero attached hydrogens (tertiary/aromatic N) is 2. The molecule has 3 rings (SSSR count). The average molecular weight is 340 g/mol. The quantitative estimate of drug-likeness (QED) is 0.752. The molecule has 0 unspecified atom stereocenters. The van der Waals surface area contributed by atoms with Crippen molar-refractivity contribution in [2.24, 2.45) is 7.05 Å². The maximum Gasteiger partial charge on any atom is 0.224 e. The topological polar surface area (TPSA) is 46.9 Å². The molecule has 0 saturated heterocycles. The van der Waals surface area contributed by atoms with Gasteiger partial charge in [-0.1, -0.05) is 54.1 Å². The molecule has 5 heteroatoms. The van der Waals surface area contributed by atoms with E-state index in [0.717, 1.165) is 16.8 Å². The van der Waals surface area contributed by atoms with Crippen LogP contribution in [0.3, 0.4) is 0 Å². The third-order valence-corrected chi connectivity index (χ3v) is 4.05. The summed E-state index contributed by atoms with van der Waals surface area (Å²) in [5, 5.41) is 7.91. The highest BCUT2D eigenvalue weighted by atomic mass is 35.5. The first-order valence-corrected chi connectivity index (χ1v) is 8.13. The van der Waals surface area contributed by atoms with Crippen LogP contribution in [0.2, 0.25) is 5.02 Å². The summed E-state index contributed by atoms with van der Waals surface area (Å²) in [6.07, 6.45) is 2.95. The molecule has 0 radical (unpaired) electrons. The molecular formula is C19H18ClN3O. The second-order valence-electron chi connectivity index (χ2n) is 5.57. The minimum Gasteiger partial charge on any atom is -0.325 e. The van der Waals surface area contributed by atoms with Crippen LogP contribution in [-0.4, -0.2) is 15.7 Å². The van der Waals surface area contributed by atoms with E-state index in [-0.39, 0.29) is 5.91 Å². The van der Waals surface area contributed by atoms with Crippen LogP contribution in [0.15, 0.2) is 60.8 Å². The van der Waals surface area contributed by atoms with Crippen molar-refractivity contribution in [3.8, 4) is 11.3 Å². The summed E-state index contributed by atoms with van der Waals surface area (Å²) >= 11 is 6.07. The van der Waals surface area contributed by atoms with Crippen molar-refractivity contribution in [2.75, 3.05) is 5.32 Å². The minimum absolute atomic E-state index is 0.0639. The normalized spacial score (nSPS) is 10.6. The fourth-order valence-corrected chi connectivity index (χ4v) is 2.77. The van der Waals surface area contributed by atoms with E-state index in [2.05, 4.69) is 10.4 Å². The smallest absolute Gasteiger partial charge is 0.224 e. The van der Waals surface area contributed by atoms with Crippen LogP contribution in [0.1, 0.15) is 12.0 Å². The number of aryl methyl sites for hydroxylation is 2. The summed E-state index contributed by atoms with van der Waals surface area (Å²) in [5.41, 5.74) is 3.67. The van der Waals surface area contributed by atoms with Crippen molar-refractivity contribution in [3.63, 3.8) is 0 Å². The first-order valence-electron chi connectivity index (χ1n) is 7.76. The van der Waals surface area contributed by atoms with E-state index in [9.17, 15) is 4.79 Å². The number of rotatable bonds is 5. The van der Waals surface area contributed by atoms with Gasteiger partial charge in [0, 0.05) is 25.2 Å². The van der Waals surface area contributed by atoms with Crippen molar-refractivity contribution in [1.29, 1.82) is 0 Å². The number of para-hydroxylation sites is 1. The lowest BCUT2D eigenvalue weighted by molar-refractivity contribution is -0.116. The molecule has 0 bridgehead atoms. The van der Waals surface area contributed by atoms with Crippen LogP contribution in [-0.2, 0) is 18.3 Å². The number of aromatic nitrogens is 2. The Morgan fingerprint density at radius 2 is 1.83 bits per heavy atom. The Morgan fingerprint density at radius 1 is 1.12 bits per heavy atom. The van der Waals surface area contributed by atoms with E-state index in [4.69, 9.17) is 11.6 Å². The molecule has 0 fully saturated rings. The number of halogens is 1. The van der Waals surface area contributed by atoms with E-state index in [1.54, 1.807) is 16.8 Å². The second-order valence-corrected chi connectivity index (χ2v) is 5.98. The number of benzene rings is 2. The van der Waals surface area contributed by atoms with E-state index >= 15 is 0 Å². The first-order chi connectivity index (χ1) is 11.6. The molecule has 122 valence electrons. The Bertz CT molecular complexity index is 843. The minimum atomic E-state index is -0.0639. The molecule has 24 heavy (non-hydrogen) atoms. The molecular weight excluding hydrogens is 322 g/mol. The molecule has 1 heterocycles. The van der Waals surface area contributed by atoms with Gasteiger partial charge in [-0.05, 0) is 24.1 Å². The zero-order valence-corrected chi connectivity index (χ0v) is 14.1. The molecule has 3 aromatic rings. The molecule has 0 aliphatic heterocycles. The summed E-state index contributed by atoms with van der Waals surface area (Å²) in [6.45, 7) is 0. The lowest BCUT2D eigenvalue weighted by Gasteiger charge is -2.07. The molecule has 0 aliphatic carbocycles. The zero-order chi connectivity index (χ0) is 16.9. The van der Waals surface area contributed by atoms with Crippen LogP contribution in [0.5, 0.6) is 0 Å². The van der Waals surface area contributed by atoms with Crippen LogP contribution < -0.4 is 5.32 Å². The Kier molecular flexibility index (Phi) is 4.96. The van der Waals surface area contributed by atoms with Gasteiger partial charge in [-0.3, -0.25) is 9.48 Å². The third kappa shape index (κ3) is 3.84. The van der Waals surface area contributed by atoms with Crippen molar-refractivity contribution >= 4 is 23.2 Å².